The van der Waals surface area contributed by atoms with Gasteiger partial charge >= 0.3 is 6.61 Å². The van der Waals surface area contributed by atoms with Gasteiger partial charge in [0, 0.05) is 41.8 Å². The van der Waals surface area contributed by atoms with Crippen molar-refractivity contribution in [1.29, 1.82) is 5.26 Å². The summed E-state index contributed by atoms with van der Waals surface area (Å²) in [7, 11) is 0. The molecule has 5 rings (SSSR count). The van der Waals surface area contributed by atoms with Crippen LogP contribution in [0, 0.1) is 23.0 Å². The number of alkyl halides is 2. The Morgan fingerprint density at radius 2 is 1.82 bits per heavy atom. The van der Waals surface area contributed by atoms with Crippen molar-refractivity contribution in [1.82, 2.24) is 5.32 Å². The summed E-state index contributed by atoms with van der Waals surface area (Å²) < 4.78 is 67.4. The number of nitriles is 1. The van der Waals surface area contributed by atoms with Crippen LogP contribution >= 0.6 is 11.6 Å². The first kappa shape index (κ1) is 27.3. The number of aliphatic hydroxyl groups is 1. The molecule has 1 aliphatic carbocycles. The minimum atomic E-state index is -3.31. The lowest BCUT2D eigenvalue weighted by molar-refractivity contribution is -0.0521. The number of hydrogen-bond donors (Lipinski definition) is 2. The number of nitrogens with zero attached hydrogens (tertiary/aromatic N) is 1. The average molecular weight is 561 g/mol. The number of nitrogens with one attached hydrogen (secondary N) is 1. The number of rotatable bonds is 7. The van der Waals surface area contributed by atoms with Crippen LogP contribution in [0.2, 0.25) is 5.02 Å². The Kier molecular flexibility index (Phi) is 7.72. The fraction of sp³-hybridized carbons (Fsp3) is 0.345. The SMILES string of the molecule is N#Cc1ccc(OC(F)F)c(F)c1-c1c(Cl)c(F)cc2c1C[C@@](CN[C@H]1CC[C@H](O)CC1)(c1ccccc1)O2. The molecule has 2 N–H and O–H groups in total. The fourth-order valence-electron chi connectivity index (χ4n) is 5.47. The normalized spacial score (nSPS) is 22.3. The van der Waals surface area contributed by atoms with Crippen LogP contribution in [0.5, 0.6) is 11.5 Å². The molecule has 3 aromatic carbocycles. The van der Waals surface area contributed by atoms with E-state index in [0.717, 1.165) is 36.6 Å². The van der Waals surface area contributed by atoms with Gasteiger partial charge in [-0.05, 0) is 43.4 Å². The molecule has 0 bridgehead atoms. The van der Waals surface area contributed by atoms with Crippen molar-refractivity contribution in [2.24, 2.45) is 0 Å². The molecule has 0 amide bonds. The van der Waals surface area contributed by atoms with Gasteiger partial charge in [0.25, 0.3) is 0 Å². The molecule has 2 aliphatic rings. The van der Waals surface area contributed by atoms with Gasteiger partial charge in [-0.1, -0.05) is 41.9 Å². The maximum absolute atomic E-state index is 15.6. The van der Waals surface area contributed by atoms with Gasteiger partial charge in [0.05, 0.1) is 22.8 Å². The van der Waals surface area contributed by atoms with Gasteiger partial charge in [-0.15, -0.1) is 0 Å². The van der Waals surface area contributed by atoms with Crippen LogP contribution in [-0.2, 0) is 12.0 Å². The molecule has 1 aliphatic heterocycles. The van der Waals surface area contributed by atoms with Crippen LogP contribution in [0.1, 0.15) is 42.4 Å². The molecule has 1 heterocycles. The summed E-state index contributed by atoms with van der Waals surface area (Å²) in [5.74, 6) is -2.84. The van der Waals surface area contributed by atoms with E-state index < -0.39 is 40.2 Å². The molecule has 1 fully saturated rings. The Balaban J connectivity index is 1.61. The molecule has 204 valence electrons. The van der Waals surface area contributed by atoms with Crippen LogP contribution in [0.25, 0.3) is 11.1 Å². The van der Waals surface area contributed by atoms with E-state index in [0.29, 0.717) is 24.9 Å². The van der Waals surface area contributed by atoms with E-state index >= 15 is 8.78 Å². The summed E-state index contributed by atoms with van der Waals surface area (Å²) >= 11 is 6.39. The summed E-state index contributed by atoms with van der Waals surface area (Å²) in [5.41, 5.74) is -0.707. The highest BCUT2D eigenvalue weighted by atomic mass is 35.5. The summed E-state index contributed by atoms with van der Waals surface area (Å²) in [6.07, 6.45) is 2.72. The first-order chi connectivity index (χ1) is 18.7. The Morgan fingerprint density at radius 1 is 1.10 bits per heavy atom. The first-order valence-electron chi connectivity index (χ1n) is 12.6. The van der Waals surface area contributed by atoms with Crippen molar-refractivity contribution in [3.8, 4) is 28.7 Å². The minimum absolute atomic E-state index is 0.111. The smallest absolute Gasteiger partial charge is 0.387 e. The molecule has 1 saturated carbocycles. The van der Waals surface area contributed by atoms with E-state index in [4.69, 9.17) is 16.3 Å². The molecule has 10 heteroatoms. The van der Waals surface area contributed by atoms with Crippen molar-refractivity contribution in [2.75, 3.05) is 6.54 Å². The van der Waals surface area contributed by atoms with Crippen molar-refractivity contribution >= 4 is 11.6 Å². The summed E-state index contributed by atoms with van der Waals surface area (Å²) in [4.78, 5) is 0. The highest BCUT2D eigenvalue weighted by Crippen LogP contribution is 2.50. The predicted molar refractivity (Wildman–Crippen MR) is 137 cm³/mol. The molecule has 0 unspecified atom stereocenters. The molecular formula is C29H25ClF4N2O3. The number of ether oxygens (including phenoxy) is 2. The minimum Gasteiger partial charge on any atom is -0.480 e. The zero-order valence-electron chi connectivity index (χ0n) is 20.7. The number of halogens is 5. The third-order valence-corrected chi connectivity index (χ3v) is 7.79. The van der Waals surface area contributed by atoms with E-state index in [-0.39, 0.29) is 35.4 Å². The zero-order chi connectivity index (χ0) is 27.7. The van der Waals surface area contributed by atoms with Gasteiger partial charge in [-0.25, -0.2) is 8.78 Å². The second-order valence-electron chi connectivity index (χ2n) is 9.84. The van der Waals surface area contributed by atoms with Gasteiger partial charge in [0.2, 0.25) is 0 Å². The van der Waals surface area contributed by atoms with Gasteiger partial charge in [0.15, 0.2) is 17.2 Å². The predicted octanol–water partition coefficient (Wildman–Crippen LogP) is 6.48. The third-order valence-electron chi connectivity index (χ3n) is 7.42. The lowest BCUT2D eigenvalue weighted by Crippen LogP contribution is -2.46. The third kappa shape index (κ3) is 5.29. The topological polar surface area (TPSA) is 74.5 Å². The summed E-state index contributed by atoms with van der Waals surface area (Å²) in [5, 5.41) is 22.6. The molecule has 0 spiro atoms. The van der Waals surface area contributed by atoms with Gasteiger partial charge in [-0.2, -0.15) is 14.0 Å². The van der Waals surface area contributed by atoms with Crippen molar-refractivity contribution in [2.45, 2.75) is 56.5 Å². The van der Waals surface area contributed by atoms with Gasteiger partial charge in [-0.3, -0.25) is 0 Å². The van der Waals surface area contributed by atoms with Crippen LogP contribution in [0.15, 0.2) is 48.5 Å². The van der Waals surface area contributed by atoms with Crippen LogP contribution in [0.3, 0.4) is 0 Å². The van der Waals surface area contributed by atoms with Crippen molar-refractivity contribution in [3.05, 3.63) is 81.9 Å². The van der Waals surface area contributed by atoms with E-state index in [1.807, 2.05) is 36.4 Å². The van der Waals surface area contributed by atoms with Crippen molar-refractivity contribution < 1.29 is 32.1 Å². The number of fused-ring (bicyclic) bond motifs is 1. The summed E-state index contributed by atoms with van der Waals surface area (Å²) in [6, 6.07) is 14.4. The standard InChI is InChI=1S/C29H25ClF4N2O3/c30-26-21(31)12-23-20(25(26)24-16(14-35)6-11-22(27(24)32)38-28(33)34)13-29(39-23,17-4-2-1-3-5-17)15-36-18-7-9-19(37)10-8-18/h1-6,11-12,18-19,28,36-37H,7-10,13,15H2/t18-,19-,29-/m1/s1. The van der Waals surface area contributed by atoms with E-state index in [1.54, 1.807) is 0 Å². The number of benzene rings is 3. The van der Waals surface area contributed by atoms with Crippen molar-refractivity contribution in [3.63, 3.8) is 0 Å². The molecule has 0 radical (unpaired) electrons. The monoisotopic (exact) mass is 560 g/mol. The molecule has 0 aromatic heterocycles. The van der Waals surface area contributed by atoms with Gasteiger partial charge in [0.1, 0.15) is 11.6 Å². The average Bonchev–Trinajstić information content (AvgIpc) is 3.30. The fourth-order valence-corrected chi connectivity index (χ4v) is 5.74. The Hall–Kier alpha value is -3.32. The second-order valence-corrected chi connectivity index (χ2v) is 10.2. The largest absolute Gasteiger partial charge is 0.480 e. The molecule has 1 atom stereocenters. The Bertz CT molecular complexity index is 1410. The van der Waals surface area contributed by atoms with Crippen LogP contribution in [0.4, 0.5) is 17.6 Å². The first-order valence-corrected chi connectivity index (χ1v) is 12.9. The number of aliphatic hydroxyl groups excluding tert-OH is 1. The lowest BCUT2D eigenvalue weighted by atomic mass is 9.84. The Labute approximate surface area is 227 Å². The molecule has 3 aromatic rings. The lowest BCUT2D eigenvalue weighted by Gasteiger charge is -2.34. The molecule has 5 nitrogen and oxygen atoms in total. The highest BCUT2D eigenvalue weighted by Gasteiger charge is 2.44. The Morgan fingerprint density at radius 3 is 2.49 bits per heavy atom. The molecule has 39 heavy (non-hydrogen) atoms. The highest BCUT2D eigenvalue weighted by molar-refractivity contribution is 6.34. The maximum Gasteiger partial charge on any atom is 0.387 e. The quantitative estimate of drug-likeness (QED) is 0.324. The molecule has 0 saturated heterocycles. The second kappa shape index (κ2) is 11.0. The van der Waals surface area contributed by atoms with E-state index in [2.05, 4.69) is 10.1 Å². The summed E-state index contributed by atoms with van der Waals surface area (Å²) in [6.45, 7) is -3.00. The number of hydrogen-bond acceptors (Lipinski definition) is 5. The van der Waals surface area contributed by atoms with Gasteiger partial charge < -0.3 is 19.9 Å². The van der Waals surface area contributed by atoms with E-state index in [9.17, 15) is 19.1 Å². The van der Waals surface area contributed by atoms with E-state index in [1.165, 1.54) is 0 Å². The molecular weight excluding hydrogens is 536 g/mol. The maximum atomic E-state index is 15.6. The van der Waals surface area contributed by atoms with Crippen LogP contribution in [-0.4, -0.2) is 30.4 Å². The van der Waals surface area contributed by atoms with Crippen LogP contribution < -0.4 is 14.8 Å². The zero-order valence-corrected chi connectivity index (χ0v) is 21.5.